The van der Waals surface area contributed by atoms with Gasteiger partial charge in [-0.25, -0.2) is 4.98 Å². The zero-order valence-corrected chi connectivity index (χ0v) is 20.3. The Labute approximate surface area is 211 Å². The average Bonchev–Trinajstić information content (AvgIpc) is 3.42. The molecule has 3 aromatic carbocycles. The first kappa shape index (κ1) is 24.3. The highest BCUT2D eigenvalue weighted by atomic mass is 35.5. The minimum Gasteiger partial charge on any atom is -1.00 e. The number of imidazole rings is 2. The van der Waals surface area contributed by atoms with Crippen molar-refractivity contribution < 1.29 is 29.6 Å². The van der Waals surface area contributed by atoms with Crippen LogP contribution in [0.25, 0.3) is 39.2 Å². The van der Waals surface area contributed by atoms with Crippen molar-refractivity contribution in [3.05, 3.63) is 85.1 Å². The summed E-state index contributed by atoms with van der Waals surface area (Å²) in [4.78, 5) is 7.54. The molecule has 0 aliphatic carbocycles. The van der Waals surface area contributed by atoms with Crippen molar-refractivity contribution in [2.45, 2.75) is 6.54 Å². The highest BCUT2D eigenvalue weighted by molar-refractivity contribution is 5.82. The maximum atomic E-state index is 5.50. The van der Waals surface area contributed by atoms with E-state index in [1.54, 1.807) is 0 Å². The van der Waals surface area contributed by atoms with Gasteiger partial charge in [0.25, 0.3) is 0 Å². The first-order chi connectivity index (χ1) is 15.9. The van der Waals surface area contributed by atoms with Gasteiger partial charge in [0.2, 0.25) is 5.78 Å². The Bertz CT molecular complexity index is 1360. The maximum Gasteiger partial charge on any atom is 0.215 e. The van der Waals surface area contributed by atoms with Crippen LogP contribution < -0.4 is 24.8 Å². The van der Waals surface area contributed by atoms with E-state index in [-0.39, 0.29) is 24.8 Å². The van der Waals surface area contributed by atoms with Crippen LogP contribution in [0.1, 0.15) is 0 Å². The summed E-state index contributed by atoms with van der Waals surface area (Å²) in [6.45, 7) is 5.58. The van der Waals surface area contributed by atoms with Crippen molar-refractivity contribution >= 4 is 16.8 Å². The molecule has 0 saturated carbocycles. The van der Waals surface area contributed by atoms with Crippen LogP contribution in [0.4, 0.5) is 0 Å². The predicted molar refractivity (Wildman–Crippen MR) is 129 cm³/mol. The molecule has 7 heteroatoms. The lowest BCUT2D eigenvalue weighted by Crippen LogP contribution is -3.00. The van der Waals surface area contributed by atoms with Crippen molar-refractivity contribution in [3.63, 3.8) is 0 Å². The summed E-state index contributed by atoms with van der Waals surface area (Å²) in [6, 6.07) is 27.8. The molecule has 3 heterocycles. The zero-order valence-electron chi connectivity index (χ0n) is 18.8. The summed E-state index contributed by atoms with van der Waals surface area (Å²) in [5, 5.41) is 0. The standard InChI is InChI=1S/C27H26N4O.2ClH/c1-2-6-21(7-3-1)22-10-12-23(13-11-22)24-20-31-26-9-5-4-8-25(26)30(27(31)28-24)15-14-29-16-18-32-19-17-29;;/h1-13,20H,14-19H2;2*1H/p-2. The molecule has 0 radical (unpaired) electrons. The van der Waals surface area contributed by atoms with Crippen LogP contribution >= 0.6 is 0 Å². The molecular formula is C27H26Cl2N4O-2. The van der Waals surface area contributed by atoms with E-state index in [0.29, 0.717) is 0 Å². The highest BCUT2D eigenvalue weighted by Gasteiger charge is 2.16. The first-order valence-electron chi connectivity index (χ1n) is 11.3. The van der Waals surface area contributed by atoms with Crippen molar-refractivity contribution in [2.24, 2.45) is 0 Å². The van der Waals surface area contributed by atoms with Gasteiger partial charge in [0.15, 0.2) is 0 Å². The van der Waals surface area contributed by atoms with Crippen LogP contribution in [-0.2, 0) is 11.3 Å². The molecule has 1 fully saturated rings. The van der Waals surface area contributed by atoms with Gasteiger partial charge in [-0.3, -0.25) is 9.30 Å². The van der Waals surface area contributed by atoms with Gasteiger partial charge in [-0.1, -0.05) is 66.7 Å². The van der Waals surface area contributed by atoms with Crippen LogP contribution in [-0.4, -0.2) is 51.7 Å². The van der Waals surface area contributed by atoms with Crippen molar-refractivity contribution in [1.82, 2.24) is 18.9 Å². The van der Waals surface area contributed by atoms with Gasteiger partial charge in [0.1, 0.15) is 0 Å². The van der Waals surface area contributed by atoms with Gasteiger partial charge in [0.05, 0.1) is 29.9 Å². The number of hydrogen-bond donors (Lipinski definition) is 0. The molecule has 34 heavy (non-hydrogen) atoms. The summed E-state index contributed by atoms with van der Waals surface area (Å²) in [5.74, 6) is 1.00. The molecule has 0 N–H and O–H groups in total. The number of aromatic nitrogens is 3. The number of rotatable bonds is 5. The summed E-state index contributed by atoms with van der Waals surface area (Å²) < 4.78 is 10.1. The lowest BCUT2D eigenvalue weighted by molar-refractivity contribution is -0.00100. The predicted octanol–water partition coefficient (Wildman–Crippen LogP) is -1.04. The van der Waals surface area contributed by atoms with E-state index in [4.69, 9.17) is 9.72 Å². The second-order valence-electron chi connectivity index (χ2n) is 8.33. The fourth-order valence-electron chi connectivity index (χ4n) is 4.63. The summed E-state index contributed by atoms with van der Waals surface area (Å²) in [7, 11) is 0. The minimum atomic E-state index is 0. The van der Waals surface area contributed by atoms with Gasteiger partial charge in [-0.15, -0.1) is 0 Å². The number of benzene rings is 3. The van der Waals surface area contributed by atoms with Crippen LogP contribution in [0.5, 0.6) is 0 Å². The topological polar surface area (TPSA) is 34.7 Å². The minimum absolute atomic E-state index is 0. The van der Waals surface area contributed by atoms with E-state index in [1.165, 1.54) is 22.2 Å². The van der Waals surface area contributed by atoms with Crippen molar-refractivity contribution in [2.75, 3.05) is 32.8 Å². The largest absolute Gasteiger partial charge is 1.00 e. The van der Waals surface area contributed by atoms with Crippen LogP contribution in [0.15, 0.2) is 85.1 Å². The fraction of sp³-hybridized carbons (Fsp3) is 0.222. The maximum absolute atomic E-state index is 5.50. The fourth-order valence-corrected chi connectivity index (χ4v) is 4.63. The molecule has 6 rings (SSSR count). The van der Waals surface area contributed by atoms with E-state index >= 15 is 0 Å². The van der Waals surface area contributed by atoms with E-state index in [2.05, 4.69) is 92.9 Å². The third-order valence-corrected chi connectivity index (χ3v) is 6.39. The molecule has 0 bridgehead atoms. The number of halogens is 2. The number of morpholine rings is 1. The van der Waals surface area contributed by atoms with Crippen LogP contribution in [0.3, 0.4) is 0 Å². The Hall–Kier alpha value is -2.83. The molecular weight excluding hydrogens is 467 g/mol. The first-order valence-corrected chi connectivity index (χ1v) is 11.3. The molecule has 1 saturated heterocycles. The second-order valence-corrected chi connectivity index (χ2v) is 8.33. The molecule has 0 amide bonds. The summed E-state index contributed by atoms with van der Waals surface area (Å²) in [5.41, 5.74) is 7.02. The van der Waals surface area contributed by atoms with Crippen molar-refractivity contribution in [1.29, 1.82) is 0 Å². The van der Waals surface area contributed by atoms with Gasteiger partial charge < -0.3 is 34.1 Å². The van der Waals surface area contributed by atoms with E-state index < -0.39 is 0 Å². The lowest BCUT2D eigenvalue weighted by atomic mass is 10.0. The average molecular weight is 493 g/mol. The second kappa shape index (κ2) is 10.6. The molecule has 176 valence electrons. The molecule has 5 nitrogen and oxygen atoms in total. The van der Waals surface area contributed by atoms with Gasteiger partial charge in [-0.05, 0) is 23.3 Å². The molecule has 1 aliphatic rings. The summed E-state index contributed by atoms with van der Waals surface area (Å²) >= 11 is 0. The monoisotopic (exact) mass is 492 g/mol. The van der Waals surface area contributed by atoms with E-state index in [1.807, 2.05) is 6.07 Å². The van der Waals surface area contributed by atoms with Crippen LogP contribution in [0, 0.1) is 0 Å². The number of hydrogen-bond acceptors (Lipinski definition) is 3. The normalized spacial score (nSPS) is 14.1. The van der Waals surface area contributed by atoms with Gasteiger partial charge >= 0.3 is 0 Å². The zero-order chi connectivity index (χ0) is 21.3. The van der Waals surface area contributed by atoms with Crippen LogP contribution in [0.2, 0.25) is 0 Å². The smallest absolute Gasteiger partial charge is 0.215 e. The molecule has 2 aromatic heterocycles. The lowest BCUT2D eigenvalue weighted by Gasteiger charge is -2.26. The Morgan fingerprint density at radius 3 is 2.03 bits per heavy atom. The Balaban J connectivity index is 0.00000137. The molecule has 0 spiro atoms. The van der Waals surface area contributed by atoms with Crippen molar-refractivity contribution in [3.8, 4) is 22.4 Å². The number of para-hydroxylation sites is 2. The highest BCUT2D eigenvalue weighted by Crippen LogP contribution is 2.28. The number of nitrogens with zero attached hydrogens (tertiary/aromatic N) is 4. The molecule has 1 aliphatic heterocycles. The third-order valence-electron chi connectivity index (χ3n) is 6.39. The Morgan fingerprint density at radius 2 is 1.29 bits per heavy atom. The molecule has 5 aromatic rings. The molecule has 0 unspecified atom stereocenters. The Kier molecular flexibility index (Phi) is 7.59. The SMILES string of the molecule is [Cl-].[Cl-].c1ccc(-c2ccc(-c3cn4c5ccccc5n(CCN5CCOCC5)c4n3)cc2)cc1. The van der Waals surface area contributed by atoms with Gasteiger partial charge in [-0.2, -0.15) is 0 Å². The van der Waals surface area contributed by atoms with E-state index in [9.17, 15) is 0 Å². The summed E-state index contributed by atoms with van der Waals surface area (Å²) in [6.07, 6.45) is 2.17. The number of ether oxygens (including phenoxy) is 1. The third kappa shape index (κ3) is 4.57. The molecule has 0 atom stereocenters. The quantitative estimate of drug-likeness (QED) is 0.314. The Morgan fingerprint density at radius 1 is 0.676 bits per heavy atom. The number of fused-ring (bicyclic) bond motifs is 3. The van der Waals surface area contributed by atoms with Gasteiger partial charge in [0, 0.05) is 37.9 Å². The van der Waals surface area contributed by atoms with E-state index in [0.717, 1.165) is 56.4 Å².